The molecular weight excluding hydrogens is 454 g/mol. The number of ether oxygens (including phenoxy) is 1. The van der Waals surface area contributed by atoms with E-state index in [0.717, 1.165) is 61.4 Å². The van der Waals surface area contributed by atoms with Gasteiger partial charge in [0.2, 0.25) is 5.95 Å². The lowest BCUT2D eigenvalue weighted by atomic mass is 9.91. The van der Waals surface area contributed by atoms with Crippen molar-refractivity contribution >= 4 is 29.0 Å². The van der Waals surface area contributed by atoms with Crippen molar-refractivity contribution in [3.05, 3.63) is 71.4 Å². The molecule has 36 heavy (non-hydrogen) atoms. The number of anilines is 4. The number of benzene rings is 2. The van der Waals surface area contributed by atoms with E-state index in [1.54, 1.807) is 6.20 Å². The molecule has 2 N–H and O–H groups in total. The number of aliphatic hydroxyl groups is 1. The summed E-state index contributed by atoms with van der Waals surface area (Å²) in [4.78, 5) is 25.9. The largest absolute Gasteiger partial charge is 0.385 e. The monoisotopic (exact) mass is 485 g/mol. The molecule has 2 aliphatic heterocycles. The minimum Gasteiger partial charge on any atom is -0.385 e. The third-order valence-electron chi connectivity index (χ3n) is 7.55. The lowest BCUT2D eigenvalue weighted by molar-refractivity contribution is 0.0303. The molecule has 186 valence electrons. The van der Waals surface area contributed by atoms with Crippen LogP contribution in [0.2, 0.25) is 0 Å². The molecule has 1 aliphatic carbocycles. The molecule has 8 heteroatoms. The number of nitrogens with zero attached hydrogens (tertiary/aromatic N) is 4. The lowest BCUT2D eigenvalue weighted by Gasteiger charge is -2.26. The zero-order valence-electron chi connectivity index (χ0n) is 20.3. The molecule has 0 bridgehead atoms. The summed E-state index contributed by atoms with van der Waals surface area (Å²) < 4.78 is 5.34. The Kier molecular flexibility index (Phi) is 6.07. The molecule has 1 aromatic heterocycles. The summed E-state index contributed by atoms with van der Waals surface area (Å²) in [6.45, 7) is 3.26. The van der Waals surface area contributed by atoms with Crippen LogP contribution < -0.4 is 10.2 Å². The number of hydrogen-bond acceptors (Lipinski definition) is 7. The second kappa shape index (κ2) is 9.52. The summed E-state index contributed by atoms with van der Waals surface area (Å²) in [5.74, 6) is 1.34. The van der Waals surface area contributed by atoms with E-state index in [-0.39, 0.29) is 5.91 Å². The fraction of sp³-hybridized carbons (Fsp3) is 0.393. The highest BCUT2D eigenvalue weighted by Gasteiger charge is 2.34. The van der Waals surface area contributed by atoms with Crippen molar-refractivity contribution in [2.24, 2.45) is 0 Å². The van der Waals surface area contributed by atoms with Crippen molar-refractivity contribution < 1.29 is 14.6 Å². The van der Waals surface area contributed by atoms with Crippen molar-refractivity contribution in [3.8, 4) is 0 Å². The van der Waals surface area contributed by atoms with Gasteiger partial charge < -0.3 is 25.0 Å². The molecule has 3 aromatic rings. The summed E-state index contributed by atoms with van der Waals surface area (Å²) >= 11 is 0. The maximum absolute atomic E-state index is 12.7. The fourth-order valence-corrected chi connectivity index (χ4v) is 5.49. The van der Waals surface area contributed by atoms with Gasteiger partial charge in [-0.1, -0.05) is 25.0 Å². The first kappa shape index (κ1) is 22.9. The molecule has 2 aromatic carbocycles. The zero-order chi connectivity index (χ0) is 24.5. The van der Waals surface area contributed by atoms with E-state index in [0.29, 0.717) is 37.8 Å². The van der Waals surface area contributed by atoms with E-state index in [9.17, 15) is 9.90 Å². The predicted octanol–water partition coefficient (Wildman–Crippen LogP) is 4.15. The number of nitrogens with one attached hydrogen (secondary N) is 1. The van der Waals surface area contributed by atoms with Crippen LogP contribution in [0.4, 0.5) is 23.1 Å². The maximum Gasteiger partial charge on any atom is 0.254 e. The van der Waals surface area contributed by atoms with E-state index in [2.05, 4.69) is 33.4 Å². The van der Waals surface area contributed by atoms with Crippen molar-refractivity contribution in [2.45, 2.75) is 37.7 Å². The van der Waals surface area contributed by atoms with Crippen LogP contribution >= 0.6 is 0 Å². The van der Waals surface area contributed by atoms with Gasteiger partial charge >= 0.3 is 0 Å². The molecule has 0 unspecified atom stereocenters. The van der Waals surface area contributed by atoms with Crippen molar-refractivity contribution in [1.29, 1.82) is 0 Å². The van der Waals surface area contributed by atoms with Gasteiger partial charge in [-0.05, 0) is 66.8 Å². The van der Waals surface area contributed by atoms with Gasteiger partial charge in [-0.25, -0.2) is 4.98 Å². The summed E-state index contributed by atoms with van der Waals surface area (Å²) in [5.41, 5.74) is 4.16. The van der Waals surface area contributed by atoms with Crippen molar-refractivity contribution in [3.63, 3.8) is 0 Å². The zero-order valence-corrected chi connectivity index (χ0v) is 20.3. The molecule has 1 saturated heterocycles. The second-order valence-electron chi connectivity index (χ2n) is 9.83. The highest BCUT2D eigenvalue weighted by Crippen LogP contribution is 2.42. The highest BCUT2D eigenvalue weighted by molar-refractivity contribution is 5.94. The second-order valence-corrected chi connectivity index (χ2v) is 9.83. The van der Waals surface area contributed by atoms with Crippen LogP contribution in [-0.4, -0.2) is 58.7 Å². The smallest absolute Gasteiger partial charge is 0.254 e. The summed E-state index contributed by atoms with van der Waals surface area (Å²) in [6, 6.07) is 15.7. The van der Waals surface area contributed by atoms with Gasteiger partial charge in [-0.2, -0.15) is 4.98 Å². The lowest BCUT2D eigenvalue weighted by Crippen LogP contribution is -2.40. The van der Waals surface area contributed by atoms with Gasteiger partial charge in [0, 0.05) is 42.8 Å². The van der Waals surface area contributed by atoms with E-state index in [4.69, 9.17) is 9.72 Å². The Morgan fingerprint density at radius 3 is 2.56 bits per heavy atom. The number of aromatic nitrogens is 2. The van der Waals surface area contributed by atoms with Gasteiger partial charge in [0.15, 0.2) is 0 Å². The normalized spacial score (nSPS) is 18.8. The Labute approximate surface area is 210 Å². The van der Waals surface area contributed by atoms with Crippen molar-refractivity contribution in [2.75, 3.05) is 43.1 Å². The Bertz CT molecular complexity index is 1250. The van der Waals surface area contributed by atoms with Crippen LogP contribution in [0, 0.1) is 0 Å². The van der Waals surface area contributed by atoms with E-state index in [1.807, 2.05) is 35.2 Å². The average molecular weight is 486 g/mol. The molecular formula is C28H31N5O3. The van der Waals surface area contributed by atoms with Crippen LogP contribution in [0.1, 0.15) is 47.2 Å². The number of amides is 1. The number of carbonyl (C=O) groups is 1. The van der Waals surface area contributed by atoms with Crippen molar-refractivity contribution in [1.82, 2.24) is 14.9 Å². The Hall–Kier alpha value is -3.49. The van der Waals surface area contributed by atoms with E-state index in [1.165, 1.54) is 5.56 Å². The first-order valence-electron chi connectivity index (χ1n) is 12.8. The summed E-state index contributed by atoms with van der Waals surface area (Å²) in [7, 11) is 0. The molecule has 6 rings (SSSR count). The molecule has 8 nitrogen and oxygen atoms in total. The summed E-state index contributed by atoms with van der Waals surface area (Å²) in [6.07, 6.45) is 6.49. The standard InChI is InChI=1S/C28H31N5O3/c34-26(32-15-17-36-18-16-32)21-4-7-23(8-5-21)30-27-29-13-9-25(31-27)33-14-10-20-3-6-22(19-24(20)33)28(35)11-1-2-12-28/h3-9,13,19,35H,1-2,10-12,14-18H2,(H,29,30,31). The van der Waals surface area contributed by atoms with Crippen LogP contribution in [0.15, 0.2) is 54.7 Å². The SMILES string of the molecule is O=C(c1ccc(Nc2nccc(N3CCc4ccc(C5(O)CCCC5)cc43)n2)cc1)N1CCOCC1. The molecule has 2 fully saturated rings. The van der Waals surface area contributed by atoms with E-state index < -0.39 is 5.60 Å². The minimum atomic E-state index is -0.711. The number of rotatable bonds is 5. The fourth-order valence-electron chi connectivity index (χ4n) is 5.49. The van der Waals surface area contributed by atoms with Gasteiger partial charge in [0.25, 0.3) is 5.91 Å². The third kappa shape index (κ3) is 4.42. The van der Waals surface area contributed by atoms with Crippen LogP contribution in [0.25, 0.3) is 0 Å². The Balaban J connectivity index is 1.18. The topological polar surface area (TPSA) is 90.8 Å². The molecule has 1 amide bonds. The van der Waals surface area contributed by atoms with Crippen LogP contribution in [0.5, 0.6) is 0 Å². The molecule has 3 aliphatic rings. The molecule has 0 atom stereocenters. The van der Waals surface area contributed by atoms with Gasteiger partial charge in [-0.3, -0.25) is 4.79 Å². The Morgan fingerprint density at radius 1 is 1.00 bits per heavy atom. The minimum absolute atomic E-state index is 0.0254. The third-order valence-corrected chi connectivity index (χ3v) is 7.55. The average Bonchev–Trinajstić information content (AvgIpc) is 3.56. The quantitative estimate of drug-likeness (QED) is 0.561. The molecule has 0 spiro atoms. The van der Waals surface area contributed by atoms with Crippen LogP contribution in [-0.2, 0) is 16.8 Å². The summed E-state index contributed by atoms with van der Waals surface area (Å²) in [5, 5.41) is 14.4. The first-order valence-corrected chi connectivity index (χ1v) is 12.8. The van der Waals surface area contributed by atoms with Gasteiger partial charge in [0.05, 0.1) is 18.8 Å². The molecule has 1 saturated carbocycles. The Morgan fingerprint density at radius 2 is 1.78 bits per heavy atom. The highest BCUT2D eigenvalue weighted by atomic mass is 16.5. The number of fused-ring (bicyclic) bond motifs is 1. The number of hydrogen-bond donors (Lipinski definition) is 2. The molecule has 3 heterocycles. The van der Waals surface area contributed by atoms with E-state index >= 15 is 0 Å². The van der Waals surface area contributed by atoms with Crippen LogP contribution in [0.3, 0.4) is 0 Å². The van der Waals surface area contributed by atoms with Gasteiger partial charge in [0.1, 0.15) is 5.82 Å². The predicted molar refractivity (Wildman–Crippen MR) is 138 cm³/mol. The molecule has 0 radical (unpaired) electrons. The number of carbonyl (C=O) groups excluding carboxylic acids is 1. The number of morpholine rings is 1. The van der Waals surface area contributed by atoms with Gasteiger partial charge in [-0.15, -0.1) is 0 Å². The maximum atomic E-state index is 12.7. The first-order chi connectivity index (χ1) is 17.6.